The van der Waals surface area contributed by atoms with E-state index in [-0.39, 0.29) is 11.7 Å². The Labute approximate surface area is 155 Å². The Balaban J connectivity index is 1.75. The molecule has 0 aromatic heterocycles. The number of phenols is 1. The van der Waals surface area contributed by atoms with E-state index in [0.29, 0.717) is 17.2 Å². The van der Waals surface area contributed by atoms with Crippen molar-refractivity contribution in [2.75, 3.05) is 34.4 Å². The van der Waals surface area contributed by atoms with Crippen LogP contribution >= 0.6 is 0 Å². The average molecular weight is 357 g/mol. The number of hydrogen-bond acceptors (Lipinski definition) is 5. The summed E-state index contributed by atoms with van der Waals surface area (Å²) in [7, 11) is 4.67. The van der Waals surface area contributed by atoms with Gasteiger partial charge in [0, 0.05) is 12.1 Å². The molecule has 0 atom stereocenters. The lowest BCUT2D eigenvalue weighted by Crippen LogP contribution is -2.32. The molecule has 1 aliphatic rings. The van der Waals surface area contributed by atoms with Crippen LogP contribution in [0.4, 0.5) is 0 Å². The van der Waals surface area contributed by atoms with Gasteiger partial charge >= 0.3 is 0 Å². The number of rotatable bonds is 6. The first-order chi connectivity index (χ1) is 12.7. The van der Waals surface area contributed by atoms with Gasteiger partial charge in [-0.05, 0) is 43.5 Å². The van der Waals surface area contributed by atoms with E-state index < -0.39 is 0 Å². The standard InChI is InChI=1S/C21H27NO4/c1-24-18-13-17(19(23)21(26-3)20(18)25-2)16-9-11-22(12-10-16)14-15-7-5-4-6-8-15/h4-8,13,16,23H,9-12,14H2,1-3H3. The van der Waals surface area contributed by atoms with Crippen LogP contribution in [0.3, 0.4) is 0 Å². The van der Waals surface area contributed by atoms with E-state index in [0.717, 1.165) is 38.0 Å². The van der Waals surface area contributed by atoms with Gasteiger partial charge in [-0.2, -0.15) is 0 Å². The van der Waals surface area contributed by atoms with Crippen LogP contribution in [-0.4, -0.2) is 44.4 Å². The van der Waals surface area contributed by atoms with Gasteiger partial charge in [0.05, 0.1) is 21.3 Å². The third-order valence-corrected chi connectivity index (χ3v) is 5.11. The molecule has 0 spiro atoms. The van der Waals surface area contributed by atoms with E-state index in [4.69, 9.17) is 14.2 Å². The van der Waals surface area contributed by atoms with E-state index in [1.165, 1.54) is 12.7 Å². The van der Waals surface area contributed by atoms with Crippen LogP contribution in [-0.2, 0) is 6.54 Å². The van der Waals surface area contributed by atoms with Crippen molar-refractivity contribution in [1.82, 2.24) is 4.90 Å². The molecule has 1 saturated heterocycles. The van der Waals surface area contributed by atoms with Gasteiger partial charge in [-0.3, -0.25) is 4.90 Å². The monoisotopic (exact) mass is 357 g/mol. The molecule has 3 rings (SSSR count). The molecule has 0 bridgehead atoms. The van der Waals surface area contributed by atoms with Crippen molar-refractivity contribution in [1.29, 1.82) is 0 Å². The van der Waals surface area contributed by atoms with Crippen LogP contribution in [0.2, 0.25) is 0 Å². The molecule has 26 heavy (non-hydrogen) atoms. The van der Waals surface area contributed by atoms with Crippen molar-refractivity contribution in [3.63, 3.8) is 0 Å². The van der Waals surface area contributed by atoms with E-state index in [9.17, 15) is 5.11 Å². The highest BCUT2D eigenvalue weighted by Gasteiger charge is 2.28. The van der Waals surface area contributed by atoms with Crippen molar-refractivity contribution in [3.8, 4) is 23.0 Å². The molecule has 2 aromatic rings. The summed E-state index contributed by atoms with van der Waals surface area (Å²) >= 11 is 0. The minimum atomic E-state index is 0.159. The van der Waals surface area contributed by atoms with Crippen molar-refractivity contribution in [2.24, 2.45) is 0 Å². The Bertz CT molecular complexity index is 725. The van der Waals surface area contributed by atoms with Gasteiger partial charge in [0.1, 0.15) is 0 Å². The van der Waals surface area contributed by atoms with Gasteiger partial charge in [0.2, 0.25) is 11.5 Å². The summed E-state index contributed by atoms with van der Waals surface area (Å²) in [5, 5.41) is 10.7. The number of nitrogens with zero attached hydrogens (tertiary/aromatic N) is 1. The fraction of sp³-hybridized carbons (Fsp3) is 0.429. The average Bonchev–Trinajstić information content (AvgIpc) is 2.69. The fourth-order valence-electron chi connectivity index (χ4n) is 3.71. The van der Waals surface area contributed by atoms with Gasteiger partial charge in [-0.1, -0.05) is 30.3 Å². The molecule has 1 N–H and O–H groups in total. The molecule has 1 heterocycles. The molecular weight excluding hydrogens is 330 g/mol. The Hall–Kier alpha value is -2.40. The maximum absolute atomic E-state index is 10.7. The molecule has 1 fully saturated rings. The lowest BCUT2D eigenvalue weighted by Gasteiger charge is -2.33. The maximum atomic E-state index is 10.7. The van der Waals surface area contributed by atoms with E-state index in [1.54, 1.807) is 14.2 Å². The zero-order chi connectivity index (χ0) is 18.5. The predicted octanol–water partition coefficient (Wildman–Crippen LogP) is 3.80. The second-order valence-corrected chi connectivity index (χ2v) is 6.62. The summed E-state index contributed by atoms with van der Waals surface area (Å²) in [6, 6.07) is 12.4. The summed E-state index contributed by atoms with van der Waals surface area (Å²) < 4.78 is 16.2. The fourth-order valence-corrected chi connectivity index (χ4v) is 3.71. The highest BCUT2D eigenvalue weighted by molar-refractivity contribution is 5.63. The van der Waals surface area contributed by atoms with Gasteiger partial charge in [0.25, 0.3) is 0 Å². The van der Waals surface area contributed by atoms with Crippen LogP contribution in [0.5, 0.6) is 23.0 Å². The quantitative estimate of drug-likeness (QED) is 0.852. The first-order valence-electron chi connectivity index (χ1n) is 8.96. The molecule has 0 unspecified atom stereocenters. The van der Waals surface area contributed by atoms with Crippen molar-refractivity contribution in [3.05, 3.63) is 47.5 Å². The molecular formula is C21H27NO4. The summed E-state index contributed by atoms with van der Waals surface area (Å²) in [5.74, 6) is 1.79. The first-order valence-corrected chi connectivity index (χ1v) is 8.96. The molecule has 1 aliphatic heterocycles. The van der Waals surface area contributed by atoms with Gasteiger partial charge in [-0.25, -0.2) is 0 Å². The molecule has 0 radical (unpaired) electrons. The summed E-state index contributed by atoms with van der Waals surface area (Å²) in [4.78, 5) is 2.46. The number of phenolic OH excluding ortho intramolecular Hbond substituents is 1. The van der Waals surface area contributed by atoms with Crippen LogP contribution < -0.4 is 14.2 Å². The van der Waals surface area contributed by atoms with E-state index in [2.05, 4.69) is 29.2 Å². The highest BCUT2D eigenvalue weighted by Crippen LogP contribution is 2.49. The summed E-state index contributed by atoms with van der Waals surface area (Å²) in [6.45, 7) is 2.96. The number of piperidine rings is 1. The third kappa shape index (κ3) is 3.73. The zero-order valence-corrected chi connectivity index (χ0v) is 15.7. The largest absolute Gasteiger partial charge is 0.504 e. The van der Waals surface area contributed by atoms with Gasteiger partial charge < -0.3 is 19.3 Å². The minimum Gasteiger partial charge on any atom is -0.504 e. The Kier molecular flexibility index (Phi) is 5.89. The smallest absolute Gasteiger partial charge is 0.207 e. The summed E-state index contributed by atoms with van der Waals surface area (Å²) in [6.07, 6.45) is 1.97. The van der Waals surface area contributed by atoms with Crippen LogP contribution in [0.25, 0.3) is 0 Å². The lowest BCUT2D eigenvalue weighted by atomic mass is 9.88. The third-order valence-electron chi connectivity index (χ3n) is 5.11. The molecule has 5 heteroatoms. The second-order valence-electron chi connectivity index (χ2n) is 6.62. The molecule has 0 saturated carbocycles. The molecule has 0 amide bonds. The predicted molar refractivity (Wildman–Crippen MR) is 101 cm³/mol. The van der Waals surface area contributed by atoms with Gasteiger partial charge in [-0.15, -0.1) is 0 Å². The Morgan fingerprint density at radius 3 is 2.19 bits per heavy atom. The van der Waals surface area contributed by atoms with Crippen LogP contribution in [0.15, 0.2) is 36.4 Å². The first kappa shape index (κ1) is 18.4. The molecule has 0 aliphatic carbocycles. The SMILES string of the molecule is COc1cc(C2CCN(Cc3ccccc3)CC2)c(O)c(OC)c1OC. The number of likely N-dealkylation sites (tertiary alicyclic amines) is 1. The van der Waals surface area contributed by atoms with Crippen LogP contribution in [0, 0.1) is 0 Å². The second kappa shape index (κ2) is 8.32. The van der Waals surface area contributed by atoms with E-state index >= 15 is 0 Å². The highest BCUT2D eigenvalue weighted by atomic mass is 16.5. The Morgan fingerprint density at radius 2 is 1.62 bits per heavy atom. The number of ether oxygens (including phenoxy) is 3. The molecule has 2 aromatic carbocycles. The maximum Gasteiger partial charge on any atom is 0.207 e. The van der Waals surface area contributed by atoms with Crippen LogP contribution in [0.1, 0.15) is 29.9 Å². The minimum absolute atomic E-state index is 0.159. The Morgan fingerprint density at radius 1 is 0.962 bits per heavy atom. The summed E-state index contributed by atoms with van der Waals surface area (Å²) in [5.41, 5.74) is 2.21. The molecule has 140 valence electrons. The van der Waals surface area contributed by atoms with Crippen molar-refractivity contribution >= 4 is 0 Å². The van der Waals surface area contributed by atoms with Crippen molar-refractivity contribution in [2.45, 2.75) is 25.3 Å². The lowest BCUT2D eigenvalue weighted by molar-refractivity contribution is 0.202. The number of methoxy groups -OCH3 is 3. The normalized spacial score (nSPS) is 15.7. The topological polar surface area (TPSA) is 51.2 Å². The number of hydrogen-bond donors (Lipinski definition) is 1. The number of aromatic hydroxyl groups is 1. The van der Waals surface area contributed by atoms with Gasteiger partial charge in [0.15, 0.2) is 11.5 Å². The number of benzene rings is 2. The molecule has 5 nitrogen and oxygen atoms in total. The van der Waals surface area contributed by atoms with E-state index in [1.807, 2.05) is 12.1 Å². The van der Waals surface area contributed by atoms with Crippen molar-refractivity contribution < 1.29 is 19.3 Å². The zero-order valence-electron chi connectivity index (χ0n) is 15.7.